The molecule has 3 nitrogen and oxygen atoms in total. The predicted molar refractivity (Wildman–Crippen MR) is 66.9 cm³/mol. The van der Waals surface area contributed by atoms with Crippen LogP contribution >= 0.6 is 0 Å². The van der Waals surface area contributed by atoms with Crippen molar-refractivity contribution < 1.29 is 0 Å². The predicted octanol–water partition coefficient (Wildman–Crippen LogP) is 3.30. The fraction of sp³-hybridized carbons (Fsp3) is 0.692. The molecule has 16 heavy (non-hydrogen) atoms. The van der Waals surface area contributed by atoms with E-state index in [4.69, 9.17) is 0 Å². The zero-order valence-corrected chi connectivity index (χ0v) is 10.5. The van der Waals surface area contributed by atoms with Crippen LogP contribution in [0.15, 0.2) is 6.07 Å². The molecule has 0 saturated carbocycles. The molecule has 0 bridgehead atoms. The van der Waals surface area contributed by atoms with Crippen LogP contribution in [-0.2, 0) is 0 Å². The van der Waals surface area contributed by atoms with E-state index in [1.165, 1.54) is 24.1 Å². The Morgan fingerprint density at radius 2 is 2.00 bits per heavy atom. The molecule has 1 heterocycles. The highest BCUT2D eigenvalue weighted by molar-refractivity contribution is 5.41. The number of nitrogens with zero attached hydrogens (tertiary/aromatic N) is 2. The molecule has 1 N–H and O–H groups in total. The van der Waals surface area contributed by atoms with Crippen molar-refractivity contribution >= 4 is 5.82 Å². The van der Waals surface area contributed by atoms with E-state index in [-0.39, 0.29) is 0 Å². The number of hydrogen-bond donors (Lipinski definition) is 1. The summed E-state index contributed by atoms with van der Waals surface area (Å²) in [5.41, 5.74) is 2.60. The maximum atomic E-state index is 4.39. The van der Waals surface area contributed by atoms with E-state index in [0.29, 0.717) is 11.8 Å². The van der Waals surface area contributed by atoms with Gasteiger partial charge >= 0.3 is 0 Å². The van der Waals surface area contributed by atoms with E-state index in [1.807, 2.05) is 0 Å². The fourth-order valence-electron chi connectivity index (χ4n) is 2.33. The van der Waals surface area contributed by atoms with E-state index in [9.17, 15) is 0 Å². The Hall–Kier alpha value is -1.12. The molecule has 88 valence electrons. The third-order valence-corrected chi connectivity index (χ3v) is 3.44. The summed E-state index contributed by atoms with van der Waals surface area (Å²) < 4.78 is 0. The normalized spacial score (nSPS) is 23.9. The van der Waals surface area contributed by atoms with Crippen molar-refractivity contribution in [3.63, 3.8) is 0 Å². The van der Waals surface area contributed by atoms with Gasteiger partial charge in [-0.05, 0) is 36.8 Å². The molecular formula is C13H21N3. The van der Waals surface area contributed by atoms with Gasteiger partial charge in [-0.15, -0.1) is 5.10 Å². The highest BCUT2D eigenvalue weighted by atomic mass is 15.2. The highest BCUT2D eigenvalue weighted by Gasteiger charge is 2.23. The molecule has 0 radical (unpaired) electrons. The average molecular weight is 219 g/mol. The number of rotatable bonds is 3. The summed E-state index contributed by atoms with van der Waals surface area (Å²) in [6.07, 6.45) is 3.63. The number of fused-ring (bicyclic) bond motifs is 1. The molecule has 3 heteroatoms. The first-order valence-corrected chi connectivity index (χ1v) is 6.33. The second kappa shape index (κ2) is 4.81. The first kappa shape index (κ1) is 11.4. The fourth-order valence-corrected chi connectivity index (χ4v) is 2.33. The Labute approximate surface area is 97.7 Å². The summed E-state index contributed by atoms with van der Waals surface area (Å²) in [5, 5.41) is 12.0. The zero-order valence-electron chi connectivity index (χ0n) is 10.5. The standard InChI is InChI=1S/C13H21N3/c1-4-7-14-12-8-11-9(2)5-6-10(3)13(11)16-15-12/h8-10H,4-7H2,1-3H3,(H,14,15). The second-order valence-electron chi connectivity index (χ2n) is 4.88. The topological polar surface area (TPSA) is 37.8 Å². The molecule has 0 aromatic carbocycles. The minimum atomic E-state index is 0.568. The summed E-state index contributed by atoms with van der Waals surface area (Å²) in [4.78, 5) is 0. The molecule has 2 atom stereocenters. The summed E-state index contributed by atoms with van der Waals surface area (Å²) in [7, 11) is 0. The minimum Gasteiger partial charge on any atom is -0.369 e. The summed E-state index contributed by atoms with van der Waals surface area (Å²) in [6, 6.07) is 2.19. The van der Waals surface area contributed by atoms with E-state index in [1.54, 1.807) is 0 Å². The van der Waals surface area contributed by atoms with Gasteiger partial charge < -0.3 is 5.32 Å². The van der Waals surface area contributed by atoms with Crippen LogP contribution in [0, 0.1) is 0 Å². The monoisotopic (exact) mass is 219 g/mol. The lowest BCUT2D eigenvalue weighted by Crippen LogP contribution is -2.15. The molecule has 0 aliphatic heterocycles. The van der Waals surface area contributed by atoms with E-state index >= 15 is 0 Å². The van der Waals surface area contributed by atoms with Crippen molar-refractivity contribution in [1.29, 1.82) is 0 Å². The molecule has 2 rings (SSSR count). The van der Waals surface area contributed by atoms with Gasteiger partial charge in [0.05, 0.1) is 5.69 Å². The third kappa shape index (κ3) is 2.18. The smallest absolute Gasteiger partial charge is 0.148 e. The van der Waals surface area contributed by atoms with Gasteiger partial charge in [0.25, 0.3) is 0 Å². The van der Waals surface area contributed by atoms with Gasteiger partial charge in [0.1, 0.15) is 5.82 Å². The van der Waals surface area contributed by atoms with Crippen molar-refractivity contribution in [3.8, 4) is 0 Å². The van der Waals surface area contributed by atoms with Crippen LogP contribution in [0.2, 0.25) is 0 Å². The van der Waals surface area contributed by atoms with Crippen molar-refractivity contribution in [2.45, 2.75) is 51.9 Å². The van der Waals surface area contributed by atoms with Crippen molar-refractivity contribution in [2.24, 2.45) is 0 Å². The van der Waals surface area contributed by atoms with E-state index < -0.39 is 0 Å². The maximum Gasteiger partial charge on any atom is 0.148 e. The zero-order chi connectivity index (χ0) is 11.5. The molecule has 1 aliphatic carbocycles. The Morgan fingerprint density at radius 1 is 1.25 bits per heavy atom. The van der Waals surface area contributed by atoms with Crippen LogP contribution in [-0.4, -0.2) is 16.7 Å². The molecule has 2 unspecified atom stereocenters. The summed E-state index contributed by atoms with van der Waals surface area (Å²) >= 11 is 0. The number of aromatic nitrogens is 2. The third-order valence-electron chi connectivity index (χ3n) is 3.44. The van der Waals surface area contributed by atoms with E-state index in [2.05, 4.69) is 42.4 Å². The SMILES string of the molecule is CCCNc1cc2c(nn1)C(C)CCC2C. The van der Waals surface area contributed by atoms with Crippen LogP contribution in [0.3, 0.4) is 0 Å². The first-order valence-electron chi connectivity index (χ1n) is 6.33. The van der Waals surface area contributed by atoms with Crippen LogP contribution in [0.4, 0.5) is 5.82 Å². The maximum absolute atomic E-state index is 4.39. The Balaban J connectivity index is 2.25. The lowest BCUT2D eigenvalue weighted by atomic mass is 9.82. The van der Waals surface area contributed by atoms with Gasteiger partial charge in [0.2, 0.25) is 0 Å². The lowest BCUT2D eigenvalue weighted by molar-refractivity contribution is 0.508. The van der Waals surface area contributed by atoms with E-state index in [0.717, 1.165) is 18.8 Å². The Kier molecular flexibility index (Phi) is 3.42. The van der Waals surface area contributed by atoms with Gasteiger partial charge in [0.15, 0.2) is 0 Å². The van der Waals surface area contributed by atoms with Crippen molar-refractivity contribution in [3.05, 3.63) is 17.3 Å². The van der Waals surface area contributed by atoms with Gasteiger partial charge in [-0.1, -0.05) is 20.8 Å². The number of nitrogens with one attached hydrogen (secondary N) is 1. The number of anilines is 1. The quantitative estimate of drug-likeness (QED) is 0.847. The molecular weight excluding hydrogens is 198 g/mol. The Bertz CT molecular complexity index is 362. The van der Waals surface area contributed by atoms with Crippen molar-refractivity contribution in [1.82, 2.24) is 10.2 Å². The molecule has 0 spiro atoms. The van der Waals surface area contributed by atoms with Gasteiger partial charge in [-0.2, -0.15) is 5.10 Å². The van der Waals surface area contributed by atoms with Gasteiger partial charge in [-0.3, -0.25) is 0 Å². The average Bonchev–Trinajstić information content (AvgIpc) is 2.31. The lowest BCUT2D eigenvalue weighted by Gasteiger charge is -2.26. The Morgan fingerprint density at radius 3 is 2.75 bits per heavy atom. The highest BCUT2D eigenvalue weighted by Crippen LogP contribution is 2.37. The largest absolute Gasteiger partial charge is 0.369 e. The number of hydrogen-bond acceptors (Lipinski definition) is 3. The molecule has 1 aromatic heterocycles. The summed E-state index contributed by atoms with van der Waals surface area (Å²) in [5.74, 6) is 2.13. The first-order chi connectivity index (χ1) is 7.72. The molecule has 1 aliphatic rings. The van der Waals surface area contributed by atoms with Crippen LogP contribution < -0.4 is 5.32 Å². The second-order valence-corrected chi connectivity index (χ2v) is 4.88. The van der Waals surface area contributed by atoms with Gasteiger partial charge in [-0.25, -0.2) is 0 Å². The molecule has 0 fully saturated rings. The summed E-state index contributed by atoms with van der Waals surface area (Å²) in [6.45, 7) is 7.66. The van der Waals surface area contributed by atoms with Crippen molar-refractivity contribution in [2.75, 3.05) is 11.9 Å². The van der Waals surface area contributed by atoms with Gasteiger partial charge in [0, 0.05) is 12.5 Å². The minimum absolute atomic E-state index is 0.568. The molecule has 0 amide bonds. The molecule has 1 aromatic rings. The van der Waals surface area contributed by atoms with Crippen LogP contribution in [0.1, 0.15) is 63.1 Å². The molecule has 0 saturated heterocycles. The van der Waals surface area contributed by atoms with Crippen LogP contribution in [0.5, 0.6) is 0 Å². The van der Waals surface area contributed by atoms with Crippen LogP contribution in [0.25, 0.3) is 0 Å².